The summed E-state index contributed by atoms with van der Waals surface area (Å²) in [4.78, 5) is 0. The fourth-order valence-corrected chi connectivity index (χ4v) is 1.90. The Labute approximate surface area is 95.2 Å². The topological polar surface area (TPSA) is 62.5 Å². The molecule has 1 aliphatic rings. The Balaban J connectivity index is 2.58. The predicted molar refractivity (Wildman–Crippen MR) is 56.1 cm³/mol. The number of phenols is 1. The van der Waals surface area contributed by atoms with E-state index in [1.807, 2.05) is 6.07 Å². The fourth-order valence-electron chi connectivity index (χ4n) is 1.45. The SMILES string of the molecule is N#CCc1c(O)c(Br)cc2c1OCCO2. The van der Waals surface area contributed by atoms with Gasteiger partial charge in [0.25, 0.3) is 0 Å². The molecule has 1 aliphatic heterocycles. The minimum absolute atomic E-state index is 0.0424. The van der Waals surface area contributed by atoms with Crippen LogP contribution in [0, 0.1) is 11.3 Å². The minimum Gasteiger partial charge on any atom is -0.506 e. The molecule has 0 saturated carbocycles. The summed E-state index contributed by atoms with van der Waals surface area (Å²) in [6.45, 7) is 0.919. The molecule has 0 amide bonds. The molecule has 4 nitrogen and oxygen atoms in total. The average Bonchev–Trinajstić information content (AvgIpc) is 2.25. The lowest BCUT2D eigenvalue weighted by Gasteiger charge is -2.21. The number of phenolic OH excluding ortho intramolecular Hbond substituents is 1. The Morgan fingerprint density at radius 3 is 2.93 bits per heavy atom. The monoisotopic (exact) mass is 269 g/mol. The molecule has 78 valence electrons. The standard InChI is InChI=1S/C10H8BrNO3/c11-7-5-8-10(15-4-3-14-8)6(1-2-12)9(7)13/h5,13H,1,3-4H2. The van der Waals surface area contributed by atoms with E-state index in [1.54, 1.807) is 6.07 Å². The molecule has 0 atom stereocenters. The van der Waals surface area contributed by atoms with Crippen molar-refractivity contribution in [1.29, 1.82) is 5.26 Å². The molecule has 0 spiro atoms. The van der Waals surface area contributed by atoms with Gasteiger partial charge >= 0.3 is 0 Å². The first-order valence-electron chi connectivity index (χ1n) is 4.41. The van der Waals surface area contributed by atoms with Crippen LogP contribution >= 0.6 is 15.9 Å². The number of halogens is 1. The van der Waals surface area contributed by atoms with E-state index in [-0.39, 0.29) is 12.2 Å². The maximum atomic E-state index is 9.75. The second kappa shape index (κ2) is 3.99. The van der Waals surface area contributed by atoms with Crippen molar-refractivity contribution in [2.75, 3.05) is 13.2 Å². The summed E-state index contributed by atoms with van der Waals surface area (Å²) in [5.41, 5.74) is 0.474. The van der Waals surface area contributed by atoms with Crippen LogP contribution < -0.4 is 9.47 Å². The number of ether oxygens (including phenoxy) is 2. The maximum Gasteiger partial charge on any atom is 0.169 e. The van der Waals surface area contributed by atoms with Crippen LogP contribution in [0.4, 0.5) is 0 Å². The molecular formula is C10H8BrNO3. The summed E-state index contributed by atoms with van der Waals surface area (Å²) in [7, 11) is 0. The number of hydrogen-bond donors (Lipinski definition) is 1. The van der Waals surface area contributed by atoms with Crippen molar-refractivity contribution in [3.63, 3.8) is 0 Å². The van der Waals surface area contributed by atoms with E-state index in [0.717, 1.165) is 0 Å². The summed E-state index contributed by atoms with van der Waals surface area (Å²) in [5, 5.41) is 18.4. The fraction of sp³-hybridized carbons (Fsp3) is 0.300. The van der Waals surface area contributed by atoms with Crippen LogP contribution in [0.25, 0.3) is 0 Å². The zero-order chi connectivity index (χ0) is 10.8. The summed E-state index contributed by atoms with van der Waals surface area (Å²) >= 11 is 3.20. The number of benzene rings is 1. The highest BCUT2D eigenvalue weighted by Gasteiger charge is 2.21. The van der Waals surface area contributed by atoms with E-state index in [1.165, 1.54) is 0 Å². The van der Waals surface area contributed by atoms with Crippen LogP contribution in [-0.2, 0) is 6.42 Å². The van der Waals surface area contributed by atoms with E-state index >= 15 is 0 Å². The number of rotatable bonds is 1. The molecule has 0 unspecified atom stereocenters. The van der Waals surface area contributed by atoms with Gasteiger partial charge < -0.3 is 14.6 Å². The summed E-state index contributed by atoms with van der Waals surface area (Å²) < 4.78 is 11.3. The number of nitriles is 1. The van der Waals surface area contributed by atoms with Crippen molar-refractivity contribution in [3.05, 3.63) is 16.1 Å². The van der Waals surface area contributed by atoms with Gasteiger partial charge in [0.05, 0.1) is 22.5 Å². The van der Waals surface area contributed by atoms with Gasteiger partial charge in [-0.05, 0) is 15.9 Å². The first-order chi connectivity index (χ1) is 7.24. The molecule has 5 heteroatoms. The van der Waals surface area contributed by atoms with Crippen molar-refractivity contribution >= 4 is 15.9 Å². The Kier molecular flexibility index (Phi) is 2.69. The summed E-state index contributed by atoms with van der Waals surface area (Å²) in [5.74, 6) is 1.08. The number of hydrogen-bond acceptors (Lipinski definition) is 4. The zero-order valence-electron chi connectivity index (χ0n) is 7.79. The Bertz CT molecular complexity index is 439. The zero-order valence-corrected chi connectivity index (χ0v) is 9.37. The van der Waals surface area contributed by atoms with Gasteiger partial charge in [-0.15, -0.1) is 0 Å². The van der Waals surface area contributed by atoms with Gasteiger partial charge in [-0.25, -0.2) is 0 Å². The minimum atomic E-state index is 0.0424. The first kappa shape index (κ1) is 10.1. The number of fused-ring (bicyclic) bond motifs is 1. The maximum absolute atomic E-state index is 9.75. The average molecular weight is 270 g/mol. The lowest BCUT2D eigenvalue weighted by atomic mass is 10.1. The first-order valence-corrected chi connectivity index (χ1v) is 5.20. The molecule has 1 aromatic carbocycles. The Morgan fingerprint density at radius 2 is 2.20 bits per heavy atom. The van der Waals surface area contributed by atoms with Gasteiger partial charge in [0.15, 0.2) is 11.5 Å². The smallest absolute Gasteiger partial charge is 0.169 e. The van der Waals surface area contributed by atoms with Crippen molar-refractivity contribution in [1.82, 2.24) is 0 Å². The molecule has 15 heavy (non-hydrogen) atoms. The lowest BCUT2D eigenvalue weighted by molar-refractivity contribution is 0.169. The van der Waals surface area contributed by atoms with Gasteiger partial charge in [-0.1, -0.05) is 0 Å². The van der Waals surface area contributed by atoms with E-state index in [4.69, 9.17) is 14.7 Å². The molecule has 0 radical (unpaired) electrons. The van der Waals surface area contributed by atoms with Gasteiger partial charge in [0, 0.05) is 6.07 Å². The molecule has 1 N–H and O–H groups in total. The van der Waals surface area contributed by atoms with Crippen molar-refractivity contribution in [2.24, 2.45) is 0 Å². The van der Waals surface area contributed by atoms with Crippen molar-refractivity contribution < 1.29 is 14.6 Å². The van der Waals surface area contributed by atoms with E-state index < -0.39 is 0 Å². The molecule has 1 aromatic rings. The van der Waals surface area contributed by atoms with Crippen LogP contribution in [0.5, 0.6) is 17.2 Å². The molecule has 0 bridgehead atoms. The third-order valence-corrected chi connectivity index (χ3v) is 2.72. The lowest BCUT2D eigenvalue weighted by Crippen LogP contribution is -2.16. The summed E-state index contributed by atoms with van der Waals surface area (Å²) in [6, 6.07) is 3.63. The molecule has 0 fully saturated rings. The molecule has 0 aromatic heterocycles. The van der Waals surface area contributed by atoms with Crippen molar-refractivity contribution in [2.45, 2.75) is 6.42 Å². The Hall–Kier alpha value is -1.41. The van der Waals surface area contributed by atoms with Gasteiger partial charge in [0.1, 0.15) is 19.0 Å². The Morgan fingerprint density at radius 1 is 1.47 bits per heavy atom. The normalized spacial score (nSPS) is 13.3. The molecule has 1 heterocycles. The van der Waals surface area contributed by atoms with Crippen LogP contribution in [0.1, 0.15) is 5.56 Å². The van der Waals surface area contributed by atoms with E-state index in [2.05, 4.69) is 15.9 Å². The highest BCUT2D eigenvalue weighted by atomic mass is 79.9. The molecule has 0 saturated heterocycles. The van der Waals surface area contributed by atoms with Crippen LogP contribution in [0.3, 0.4) is 0 Å². The number of aromatic hydroxyl groups is 1. The van der Waals surface area contributed by atoms with E-state index in [9.17, 15) is 5.11 Å². The third kappa shape index (κ3) is 1.73. The van der Waals surface area contributed by atoms with Gasteiger partial charge in [-0.3, -0.25) is 0 Å². The number of nitrogens with zero attached hydrogens (tertiary/aromatic N) is 1. The van der Waals surface area contributed by atoms with Crippen LogP contribution in [-0.4, -0.2) is 18.3 Å². The molecule has 2 rings (SSSR count). The molecule has 0 aliphatic carbocycles. The predicted octanol–water partition coefficient (Wildman–Crippen LogP) is 1.99. The molecular weight excluding hydrogens is 262 g/mol. The van der Waals surface area contributed by atoms with Crippen molar-refractivity contribution in [3.8, 4) is 23.3 Å². The van der Waals surface area contributed by atoms with Crippen LogP contribution in [0.2, 0.25) is 0 Å². The van der Waals surface area contributed by atoms with Crippen LogP contribution in [0.15, 0.2) is 10.5 Å². The highest BCUT2D eigenvalue weighted by molar-refractivity contribution is 9.10. The largest absolute Gasteiger partial charge is 0.506 e. The van der Waals surface area contributed by atoms with Gasteiger partial charge in [-0.2, -0.15) is 5.26 Å². The quantitative estimate of drug-likeness (QED) is 0.847. The van der Waals surface area contributed by atoms with E-state index in [0.29, 0.717) is 34.7 Å². The second-order valence-corrected chi connectivity index (χ2v) is 3.90. The highest BCUT2D eigenvalue weighted by Crippen LogP contribution is 2.43. The second-order valence-electron chi connectivity index (χ2n) is 3.04. The summed E-state index contributed by atoms with van der Waals surface area (Å²) in [6.07, 6.45) is 0.0942. The third-order valence-electron chi connectivity index (χ3n) is 2.11. The van der Waals surface area contributed by atoms with Gasteiger partial charge in [0.2, 0.25) is 0 Å².